The monoisotopic (exact) mass is 445 g/mol. The molecule has 3 heterocycles. The molecule has 3 aliphatic rings. The highest BCUT2D eigenvalue weighted by Crippen LogP contribution is 2.29. The van der Waals surface area contributed by atoms with E-state index >= 15 is 0 Å². The van der Waals surface area contributed by atoms with Crippen LogP contribution >= 0.6 is 0 Å². The maximum Gasteiger partial charge on any atom is 0.272 e. The first kappa shape index (κ1) is 22.8. The van der Waals surface area contributed by atoms with E-state index in [4.69, 9.17) is 4.74 Å². The third-order valence-electron chi connectivity index (χ3n) is 6.53. The molecule has 0 bridgehead atoms. The van der Waals surface area contributed by atoms with Crippen LogP contribution in [0.4, 0.5) is 0 Å². The molecular formula is C23H35N5O4. The highest BCUT2D eigenvalue weighted by atomic mass is 16.5. The van der Waals surface area contributed by atoms with Gasteiger partial charge in [-0.3, -0.25) is 19.1 Å². The molecule has 1 atom stereocenters. The van der Waals surface area contributed by atoms with Crippen molar-refractivity contribution in [2.45, 2.75) is 58.6 Å². The second kappa shape index (κ2) is 10.0. The van der Waals surface area contributed by atoms with Crippen LogP contribution in [0.25, 0.3) is 0 Å². The molecule has 0 N–H and O–H groups in total. The second-order valence-electron chi connectivity index (χ2n) is 9.25. The van der Waals surface area contributed by atoms with Crippen molar-refractivity contribution in [1.82, 2.24) is 24.5 Å². The molecule has 3 fully saturated rings. The summed E-state index contributed by atoms with van der Waals surface area (Å²) in [5.41, 5.74) is 1.30. The third kappa shape index (κ3) is 5.49. The van der Waals surface area contributed by atoms with E-state index in [2.05, 4.69) is 5.10 Å². The number of nitrogens with zero attached hydrogens (tertiary/aromatic N) is 5. The molecular weight excluding hydrogens is 410 g/mol. The number of amides is 3. The largest absolute Gasteiger partial charge is 0.374 e. The smallest absolute Gasteiger partial charge is 0.272 e. The Balaban J connectivity index is 1.42. The fraction of sp³-hybridized carbons (Fsp3) is 0.739. The molecule has 3 amide bonds. The molecule has 32 heavy (non-hydrogen) atoms. The first-order valence-electron chi connectivity index (χ1n) is 12.0. The van der Waals surface area contributed by atoms with E-state index in [1.165, 1.54) is 12.8 Å². The Morgan fingerprint density at radius 2 is 1.94 bits per heavy atom. The van der Waals surface area contributed by atoms with Crippen molar-refractivity contribution in [1.29, 1.82) is 0 Å². The van der Waals surface area contributed by atoms with Crippen LogP contribution < -0.4 is 0 Å². The number of rotatable bonds is 9. The molecule has 2 aliphatic heterocycles. The molecule has 176 valence electrons. The van der Waals surface area contributed by atoms with Gasteiger partial charge in [-0.25, -0.2) is 0 Å². The van der Waals surface area contributed by atoms with Gasteiger partial charge in [0.15, 0.2) is 0 Å². The highest BCUT2D eigenvalue weighted by Gasteiger charge is 2.33. The molecule has 1 saturated carbocycles. The van der Waals surface area contributed by atoms with E-state index in [9.17, 15) is 14.4 Å². The van der Waals surface area contributed by atoms with Crippen molar-refractivity contribution in [3.8, 4) is 0 Å². The molecule has 1 aliphatic carbocycles. The predicted molar refractivity (Wildman–Crippen MR) is 118 cm³/mol. The standard InChI is InChI=1S/C23H35N5O4/c1-3-28-20(12-17(2)24-28)23(31)27-14-19(32-16-18-7-8-18)13-26(22(30)15-27)11-5-10-25-9-4-6-21(25)29/h12,18-19H,3-11,13-16H2,1-2H3/t19-/m1/s1. The van der Waals surface area contributed by atoms with E-state index in [1.54, 1.807) is 15.6 Å². The number of likely N-dealkylation sites (tertiary alicyclic amines) is 1. The van der Waals surface area contributed by atoms with Gasteiger partial charge in [-0.1, -0.05) is 0 Å². The number of aryl methyl sites for hydroxylation is 2. The lowest BCUT2D eigenvalue weighted by Crippen LogP contribution is -2.41. The van der Waals surface area contributed by atoms with Crippen molar-refractivity contribution in [2.75, 3.05) is 45.9 Å². The van der Waals surface area contributed by atoms with Gasteiger partial charge in [0.2, 0.25) is 11.8 Å². The van der Waals surface area contributed by atoms with Gasteiger partial charge in [0.25, 0.3) is 5.91 Å². The van der Waals surface area contributed by atoms with Crippen LogP contribution in [0.3, 0.4) is 0 Å². The molecule has 0 aromatic carbocycles. The molecule has 0 radical (unpaired) electrons. The molecule has 9 heteroatoms. The number of aromatic nitrogens is 2. The van der Waals surface area contributed by atoms with Crippen LogP contribution in [0.15, 0.2) is 6.07 Å². The molecule has 1 aromatic heterocycles. The number of hydrogen-bond donors (Lipinski definition) is 0. The summed E-state index contributed by atoms with van der Waals surface area (Å²) in [7, 11) is 0. The molecule has 4 rings (SSSR count). The van der Waals surface area contributed by atoms with E-state index in [0.717, 1.165) is 25.1 Å². The normalized spacial score (nSPS) is 22.1. The Bertz CT molecular complexity index is 849. The molecule has 0 unspecified atom stereocenters. The number of ether oxygens (including phenoxy) is 1. The summed E-state index contributed by atoms with van der Waals surface area (Å²) in [6.07, 6.45) is 4.46. The Morgan fingerprint density at radius 1 is 1.16 bits per heavy atom. The fourth-order valence-electron chi connectivity index (χ4n) is 4.53. The average molecular weight is 446 g/mol. The van der Waals surface area contributed by atoms with Crippen LogP contribution in [-0.2, 0) is 20.9 Å². The molecule has 1 aromatic rings. The third-order valence-corrected chi connectivity index (χ3v) is 6.53. The van der Waals surface area contributed by atoms with Crippen molar-refractivity contribution < 1.29 is 19.1 Å². The van der Waals surface area contributed by atoms with Gasteiger partial charge >= 0.3 is 0 Å². The Morgan fingerprint density at radius 3 is 2.62 bits per heavy atom. The lowest BCUT2D eigenvalue weighted by molar-refractivity contribution is -0.131. The summed E-state index contributed by atoms with van der Waals surface area (Å²) in [5.74, 6) is 0.572. The van der Waals surface area contributed by atoms with Gasteiger partial charge in [-0.2, -0.15) is 5.10 Å². The maximum atomic E-state index is 13.3. The number of carbonyl (C=O) groups is 3. The molecule has 0 spiro atoms. The maximum absolute atomic E-state index is 13.3. The number of hydrogen-bond acceptors (Lipinski definition) is 5. The van der Waals surface area contributed by atoms with Gasteiger partial charge in [0.1, 0.15) is 12.2 Å². The molecule has 9 nitrogen and oxygen atoms in total. The van der Waals surface area contributed by atoms with Crippen molar-refractivity contribution in [2.24, 2.45) is 5.92 Å². The summed E-state index contributed by atoms with van der Waals surface area (Å²) in [4.78, 5) is 43.6. The Labute approximate surface area is 189 Å². The van der Waals surface area contributed by atoms with Gasteiger partial charge in [0, 0.05) is 52.3 Å². The van der Waals surface area contributed by atoms with E-state index in [1.807, 2.05) is 23.6 Å². The van der Waals surface area contributed by atoms with Crippen LogP contribution in [0.1, 0.15) is 55.2 Å². The summed E-state index contributed by atoms with van der Waals surface area (Å²) in [5, 5.41) is 4.38. The minimum atomic E-state index is -0.210. The van der Waals surface area contributed by atoms with Crippen molar-refractivity contribution >= 4 is 17.7 Å². The Kier molecular flexibility index (Phi) is 7.13. The van der Waals surface area contributed by atoms with Gasteiger partial charge < -0.3 is 19.4 Å². The quantitative estimate of drug-likeness (QED) is 0.572. The molecule has 2 saturated heterocycles. The van der Waals surface area contributed by atoms with E-state index < -0.39 is 0 Å². The zero-order chi connectivity index (χ0) is 22.7. The zero-order valence-electron chi connectivity index (χ0n) is 19.3. The Hall–Kier alpha value is -2.42. The van der Waals surface area contributed by atoms with Gasteiger partial charge in [0.05, 0.1) is 11.8 Å². The summed E-state index contributed by atoms with van der Waals surface area (Å²) in [6, 6.07) is 1.78. The van der Waals surface area contributed by atoms with Crippen molar-refractivity contribution in [3.63, 3.8) is 0 Å². The SMILES string of the molecule is CCn1nc(C)cc1C(=O)N1CC(=O)N(CCCN2CCCC2=O)C[C@@H](OCC2CC2)C1. The summed E-state index contributed by atoms with van der Waals surface area (Å²) >= 11 is 0. The number of carbonyl (C=O) groups excluding carboxylic acids is 3. The first-order chi connectivity index (χ1) is 15.4. The lowest BCUT2D eigenvalue weighted by atomic mass is 10.2. The average Bonchev–Trinajstić information content (AvgIpc) is 3.44. The van der Waals surface area contributed by atoms with Crippen LogP contribution in [0.5, 0.6) is 0 Å². The minimum absolute atomic E-state index is 0.0404. The van der Waals surface area contributed by atoms with Crippen LogP contribution in [0, 0.1) is 12.8 Å². The van der Waals surface area contributed by atoms with E-state index in [-0.39, 0.29) is 30.4 Å². The van der Waals surface area contributed by atoms with Crippen molar-refractivity contribution in [3.05, 3.63) is 17.5 Å². The summed E-state index contributed by atoms with van der Waals surface area (Å²) < 4.78 is 7.86. The first-order valence-corrected chi connectivity index (χ1v) is 12.0. The van der Waals surface area contributed by atoms with Gasteiger partial charge in [-0.05, 0) is 51.5 Å². The highest BCUT2D eigenvalue weighted by molar-refractivity contribution is 5.95. The lowest BCUT2D eigenvalue weighted by Gasteiger charge is -2.25. The van der Waals surface area contributed by atoms with Crippen LogP contribution in [-0.4, -0.2) is 94.2 Å². The minimum Gasteiger partial charge on any atom is -0.374 e. The van der Waals surface area contributed by atoms with E-state index in [0.29, 0.717) is 57.4 Å². The van der Waals surface area contributed by atoms with Gasteiger partial charge in [-0.15, -0.1) is 0 Å². The fourth-order valence-corrected chi connectivity index (χ4v) is 4.53. The van der Waals surface area contributed by atoms with Crippen LogP contribution in [0.2, 0.25) is 0 Å². The summed E-state index contributed by atoms with van der Waals surface area (Å²) in [6.45, 7) is 8.07. The predicted octanol–water partition coefficient (Wildman–Crippen LogP) is 1.30. The second-order valence-corrected chi connectivity index (χ2v) is 9.25. The zero-order valence-corrected chi connectivity index (χ0v) is 19.3. The topological polar surface area (TPSA) is 88.0 Å².